The van der Waals surface area contributed by atoms with Crippen LogP contribution in [-0.2, 0) is 14.3 Å². The predicted molar refractivity (Wildman–Crippen MR) is 42.8 cm³/mol. The Hall–Kier alpha value is -0.280. The van der Waals surface area contributed by atoms with Crippen molar-refractivity contribution >= 4 is 17.6 Å². The summed E-state index contributed by atoms with van der Waals surface area (Å²) in [4.78, 5) is 11.2. The van der Waals surface area contributed by atoms with Gasteiger partial charge in [-0.1, -0.05) is 18.5 Å². The zero-order valence-corrected chi connectivity index (χ0v) is 7.85. The fourth-order valence-electron chi connectivity index (χ4n) is 1.90. The molecule has 3 nitrogen and oxygen atoms in total. The molecule has 0 aromatic heterocycles. The quantitative estimate of drug-likeness (QED) is 0.355. The van der Waals surface area contributed by atoms with Crippen LogP contribution in [0.25, 0.3) is 0 Å². The lowest BCUT2D eigenvalue weighted by atomic mass is 9.72. The number of methoxy groups -OCH3 is 1. The zero-order chi connectivity index (χ0) is 8.98. The average Bonchev–Trinajstić information content (AvgIpc) is 2.73. The van der Waals surface area contributed by atoms with Crippen LogP contribution in [-0.4, -0.2) is 23.7 Å². The molecule has 0 aromatic rings. The van der Waals surface area contributed by atoms with E-state index in [1.807, 2.05) is 6.92 Å². The minimum Gasteiger partial charge on any atom is -0.466 e. The Kier molecular flexibility index (Phi) is 1.49. The van der Waals surface area contributed by atoms with Crippen molar-refractivity contribution in [3.8, 4) is 0 Å². The highest BCUT2D eigenvalue weighted by atomic mass is 35.5. The van der Waals surface area contributed by atoms with E-state index < -0.39 is 16.6 Å². The van der Waals surface area contributed by atoms with Crippen molar-refractivity contribution in [3.05, 3.63) is 0 Å². The van der Waals surface area contributed by atoms with E-state index in [0.29, 0.717) is 5.92 Å². The number of esters is 1. The normalized spacial score (nSPS) is 50.1. The van der Waals surface area contributed by atoms with Gasteiger partial charge in [-0.3, -0.25) is 0 Å². The molecule has 1 spiro atoms. The number of carbonyl (C=O) groups is 1. The lowest BCUT2D eigenvalue weighted by Crippen LogP contribution is -2.42. The molecule has 0 bridgehead atoms. The van der Waals surface area contributed by atoms with E-state index in [1.54, 1.807) is 0 Å². The van der Waals surface area contributed by atoms with Crippen LogP contribution in [0, 0.1) is 5.92 Å². The minimum atomic E-state index is -1.17. The van der Waals surface area contributed by atoms with Crippen LogP contribution in [0.15, 0.2) is 0 Å². The van der Waals surface area contributed by atoms with Crippen molar-refractivity contribution in [2.45, 2.75) is 30.4 Å². The number of carbonyl (C=O) groups excluding carboxylic acids is 1. The summed E-state index contributed by atoms with van der Waals surface area (Å²) in [6, 6.07) is 0. The van der Waals surface area contributed by atoms with Gasteiger partial charge in [-0.25, -0.2) is 4.79 Å². The summed E-state index contributed by atoms with van der Waals surface area (Å²) in [5.41, 5.74) is -0.401. The summed E-state index contributed by atoms with van der Waals surface area (Å²) >= 11 is 5.95. The van der Waals surface area contributed by atoms with Crippen LogP contribution in [0.1, 0.15) is 19.8 Å². The Balaban J connectivity index is 2.14. The van der Waals surface area contributed by atoms with Gasteiger partial charge in [0, 0.05) is 0 Å². The maximum atomic E-state index is 11.2. The average molecular weight is 191 g/mol. The number of epoxide rings is 1. The third-order valence-electron chi connectivity index (χ3n) is 3.02. The van der Waals surface area contributed by atoms with Gasteiger partial charge in [0.15, 0.2) is 0 Å². The third-order valence-corrected chi connectivity index (χ3v) is 3.57. The summed E-state index contributed by atoms with van der Waals surface area (Å²) < 4.78 is 9.84. The SMILES string of the molecule is COC(=O)C1(Cl)OC12CCC2C. The number of alkyl halides is 1. The summed E-state index contributed by atoms with van der Waals surface area (Å²) in [5.74, 6) is -0.0928. The first-order valence-electron chi connectivity index (χ1n) is 4.04. The Bertz CT molecular complexity index is 242. The number of hydrogen-bond acceptors (Lipinski definition) is 3. The van der Waals surface area contributed by atoms with Gasteiger partial charge in [-0.05, 0) is 18.8 Å². The van der Waals surface area contributed by atoms with Crippen LogP contribution < -0.4 is 0 Å². The fraction of sp³-hybridized carbons (Fsp3) is 0.875. The molecule has 1 saturated heterocycles. The highest BCUT2D eigenvalue weighted by molar-refractivity contribution is 6.36. The van der Waals surface area contributed by atoms with Gasteiger partial charge in [0.25, 0.3) is 5.06 Å². The highest BCUT2D eigenvalue weighted by Gasteiger charge is 2.80. The highest BCUT2D eigenvalue weighted by Crippen LogP contribution is 2.65. The molecule has 4 heteroatoms. The van der Waals surface area contributed by atoms with Crippen LogP contribution in [0.4, 0.5) is 0 Å². The standard InChI is InChI=1S/C8H11ClO3/c1-5-3-4-7(5)8(9,12-7)6(10)11-2/h5H,3-4H2,1-2H3. The Morgan fingerprint density at radius 1 is 1.75 bits per heavy atom. The van der Waals surface area contributed by atoms with E-state index in [0.717, 1.165) is 12.8 Å². The summed E-state index contributed by atoms with van der Waals surface area (Å²) in [5, 5.41) is -1.17. The lowest BCUT2D eigenvalue weighted by Gasteiger charge is -2.31. The van der Waals surface area contributed by atoms with E-state index in [1.165, 1.54) is 7.11 Å². The second-order valence-corrected chi connectivity index (χ2v) is 4.05. The molecule has 0 amide bonds. The maximum absolute atomic E-state index is 11.2. The monoisotopic (exact) mass is 190 g/mol. The topological polar surface area (TPSA) is 38.8 Å². The van der Waals surface area contributed by atoms with Crippen molar-refractivity contribution < 1.29 is 14.3 Å². The largest absolute Gasteiger partial charge is 0.466 e. The first kappa shape index (κ1) is 8.32. The first-order chi connectivity index (χ1) is 5.57. The molecule has 1 aliphatic heterocycles. The van der Waals surface area contributed by atoms with Crippen molar-refractivity contribution in [3.63, 3.8) is 0 Å². The van der Waals surface area contributed by atoms with Crippen LogP contribution in [0.3, 0.4) is 0 Å². The molecule has 3 atom stereocenters. The summed E-state index contributed by atoms with van der Waals surface area (Å²) in [6.45, 7) is 2.04. The van der Waals surface area contributed by atoms with Crippen molar-refractivity contribution in [1.82, 2.24) is 0 Å². The van der Waals surface area contributed by atoms with Crippen LogP contribution in [0.5, 0.6) is 0 Å². The fourth-order valence-corrected chi connectivity index (χ4v) is 2.39. The smallest absolute Gasteiger partial charge is 0.357 e. The Morgan fingerprint density at radius 2 is 2.42 bits per heavy atom. The molecule has 1 saturated carbocycles. The maximum Gasteiger partial charge on any atom is 0.357 e. The second-order valence-electron chi connectivity index (χ2n) is 3.52. The summed E-state index contributed by atoms with van der Waals surface area (Å²) in [7, 11) is 1.32. The molecule has 2 fully saturated rings. The molecule has 0 radical (unpaired) electrons. The van der Waals surface area contributed by atoms with Gasteiger partial charge in [0.1, 0.15) is 5.60 Å². The lowest BCUT2D eigenvalue weighted by molar-refractivity contribution is -0.143. The molecule has 0 N–H and O–H groups in total. The van der Waals surface area contributed by atoms with E-state index in [4.69, 9.17) is 16.3 Å². The van der Waals surface area contributed by atoms with Crippen molar-refractivity contribution in [1.29, 1.82) is 0 Å². The Morgan fingerprint density at radius 3 is 2.67 bits per heavy atom. The Labute approximate surface area is 76.0 Å². The van der Waals surface area contributed by atoms with Crippen LogP contribution in [0.2, 0.25) is 0 Å². The number of ether oxygens (including phenoxy) is 2. The number of hydrogen-bond donors (Lipinski definition) is 0. The second kappa shape index (κ2) is 2.15. The van der Waals surface area contributed by atoms with E-state index in [2.05, 4.69) is 4.74 Å². The van der Waals surface area contributed by atoms with Crippen molar-refractivity contribution in [2.75, 3.05) is 7.11 Å². The van der Waals surface area contributed by atoms with Gasteiger partial charge in [-0.15, -0.1) is 0 Å². The molecule has 2 aliphatic rings. The molecule has 1 heterocycles. The number of rotatable bonds is 1. The minimum absolute atomic E-state index is 0.370. The zero-order valence-electron chi connectivity index (χ0n) is 7.09. The molecule has 3 unspecified atom stereocenters. The van der Waals surface area contributed by atoms with Gasteiger partial charge in [0.05, 0.1) is 7.11 Å². The van der Waals surface area contributed by atoms with Crippen molar-refractivity contribution in [2.24, 2.45) is 5.92 Å². The molecule has 2 rings (SSSR count). The molecule has 68 valence electrons. The van der Waals surface area contributed by atoms with E-state index >= 15 is 0 Å². The molecule has 12 heavy (non-hydrogen) atoms. The summed E-state index contributed by atoms with van der Waals surface area (Å²) in [6.07, 6.45) is 1.94. The number of halogens is 1. The molecule has 0 aromatic carbocycles. The van der Waals surface area contributed by atoms with E-state index in [9.17, 15) is 4.79 Å². The van der Waals surface area contributed by atoms with E-state index in [-0.39, 0.29) is 0 Å². The van der Waals surface area contributed by atoms with Gasteiger partial charge < -0.3 is 9.47 Å². The predicted octanol–water partition coefficient (Wildman–Crippen LogP) is 1.29. The van der Waals surface area contributed by atoms with Crippen LogP contribution >= 0.6 is 11.6 Å². The third kappa shape index (κ3) is 0.690. The molecule has 1 aliphatic carbocycles. The molecular weight excluding hydrogens is 180 g/mol. The van der Waals surface area contributed by atoms with Gasteiger partial charge in [-0.2, -0.15) is 0 Å². The van der Waals surface area contributed by atoms with Gasteiger partial charge >= 0.3 is 5.97 Å². The molecular formula is C8H11ClO3. The van der Waals surface area contributed by atoms with Gasteiger partial charge in [0.2, 0.25) is 0 Å². The first-order valence-corrected chi connectivity index (χ1v) is 4.42.